The van der Waals surface area contributed by atoms with Crippen LogP contribution in [0.3, 0.4) is 0 Å². The van der Waals surface area contributed by atoms with Gasteiger partial charge in [0.2, 0.25) is 11.8 Å². The van der Waals surface area contributed by atoms with Crippen molar-refractivity contribution in [2.45, 2.75) is 44.4 Å². The van der Waals surface area contributed by atoms with Crippen molar-refractivity contribution in [3.63, 3.8) is 0 Å². The summed E-state index contributed by atoms with van der Waals surface area (Å²) < 4.78 is 0. The van der Waals surface area contributed by atoms with Gasteiger partial charge in [0.15, 0.2) is 0 Å². The highest BCUT2D eigenvalue weighted by Gasteiger charge is 2.34. The van der Waals surface area contributed by atoms with Gasteiger partial charge in [-0.15, -0.1) is 11.8 Å². The lowest BCUT2D eigenvalue weighted by Crippen LogP contribution is -2.51. The first-order chi connectivity index (χ1) is 11.6. The van der Waals surface area contributed by atoms with Crippen molar-refractivity contribution in [1.29, 1.82) is 0 Å². The highest BCUT2D eigenvalue weighted by Crippen LogP contribution is 2.36. The van der Waals surface area contributed by atoms with Crippen LogP contribution < -0.4 is 5.32 Å². The maximum Gasteiger partial charge on any atom is 0.245 e. The summed E-state index contributed by atoms with van der Waals surface area (Å²) in [7, 11) is 0. The highest BCUT2D eigenvalue weighted by atomic mass is 32.2. The fourth-order valence-corrected chi connectivity index (χ4v) is 4.69. The molecule has 3 rings (SSSR count). The van der Waals surface area contributed by atoms with E-state index in [1.807, 2.05) is 36.9 Å². The number of carbonyl (C=O) groups is 2. The minimum atomic E-state index is -0.426. The summed E-state index contributed by atoms with van der Waals surface area (Å²) in [6.07, 6.45) is 3.14. The van der Waals surface area contributed by atoms with Gasteiger partial charge >= 0.3 is 0 Å². The molecule has 2 aliphatic rings. The zero-order chi connectivity index (χ0) is 17.1. The van der Waals surface area contributed by atoms with Crippen LogP contribution in [0.1, 0.15) is 43.1 Å². The summed E-state index contributed by atoms with van der Waals surface area (Å²) in [4.78, 5) is 27.5. The molecule has 2 aliphatic heterocycles. The van der Waals surface area contributed by atoms with E-state index in [9.17, 15) is 9.59 Å². The molecule has 1 aromatic carbocycles. The van der Waals surface area contributed by atoms with E-state index < -0.39 is 6.04 Å². The number of nitrogens with zero attached hydrogens (tertiary/aromatic N) is 1. The summed E-state index contributed by atoms with van der Waals surface area (Å²) in [6, 6.07) is 7.73. The lowest BCUT2D eigenvalue weighted by molar-refractivity contribution is -0.136. The van der Waals surface area contributed by atoms with Crippen LogP contribution in [-0.4, -0.2) is 41.6 Å². The first kappa shape index (κ1) is 17.3. The van der Waals surface area contributed by atoms with E-state index in [0.29, 0.717) is 0 Å². The third-order valence-electron chi connectivity index (χ3n) is 4.88. The number of carbonyl (C=O) groups excluding carboxylic acids is 2. The predicted molar refractivity (Wildman–Crippen MR) is 97.9 cm³/mol. The molecule has 130 valence electrons. The highest BCUT2D eigenvalue weighted by molar-refractivity contribution is 8.00. The number of amides is 2. The SMILES string of the molecule is CC(C)[C@H](NC(=O)[C@H]1SCCc2ccccc21)C(=O)N1CCCC1. The van der Waals surface area contributed by atoms with Crippen LogP contribution in [0.15, 0.2) is 24.3 Å². The number of thioether (sulfide) groups is 1. The molecule has 24 heavy (non-hydrogen) atoms. The molecule has 0 bridgehead atoms. The Morgan fingerprint density at radius 2 is 1.92 bits per heavy atom. The largest absolute Gasteiger partial charge is 0.343 e. The van der Waals surface area contributed by atoms with Gasteiger partial charge in [0.1, 0.15) is 11.3 Å². The van der Waals surface area contributed by atoms with Gasteiger partial charge in [0.05, 0.1) is 0 Å². The molecule has 2 atom stereocenters. The van der Waals surface area contributed by atoms with Crippen molar-refractivity contribution in [2.24, 2.45) is 5.92 Å². The zero-order valence-corrected chi connectivity index (χ0v) is 15.3. The van der Waals surface area contributed by atoms with Gasteiger partial charge in [-0.2, -0.15) is 0 Å². The van der Waals surface area contributed by atoms with Crippen LogP contribution >= 0.6 is 11.8 Å². The van der Waals surface area contributed by atoms with Crippen LogP contribution in [0.25, 0.3) is 0 Å². The van der Waals surface area contributed by atoms with Crippen LogP contribution in [0.4, 0.5) is 0 Å². The molecule has 0 spiro atoms. The Kier molecular flexibility index (Phi) is 5.49. The number of nitrogens with one attached hydrogen (secondary N) is 1. The lowest BCUT2D eigenvalue weighted by Gasteiger charge is -2.30. The normalized spacial score (nSPS) is 21.5. The molecular weight excluding hydrogens is 320 g/mol. The van der Waals surface area contributed by atoms with Crippen molar-refractivity contribution < 1.29 is 9.59 Å². The number of fused-ring (bicyclic) bond motifs is 1. The monoisotopic (exact) mass is 346 g/mol. The molecule has 0 unspecified atom stereocenters. The van der Waals surface area contributed by atoms with Crippen molar-refractivity contribution in [3.8, 4) is 0 Å². The molecule has 0 aliphatic carbocycles. The van der Waals surface area contributed by atoms with Gasteiger partial charge in [-0.3, -0.25) is 9.59 Å². The van der Waals surface area contributed by atoms with Gasteiger partial charge in [0, 0.05) is 13.1 Å². The van der Waals surface area contributed by atoms with Gasteiger partial charge in [-0.1, -0.05) is 38.1 Å². The molecule has 2 heterocycles. The number of aryl methyl sites for hydroxylation is 1. The van der Waals surface area contributed by atoms with Crippen LogP contribution in [0, 0.1) is 5.92 Å². The van der Waals surface area contributed by atoms with Crippen molar-refractivity contribution >= 4 is 23.6 Å². The first-order valence-corrected chi connectivity index (χ1v) is 9.91. The van der Waals surface area contributed by atoms with E-state index in [0.717, 1.165) is 43.7 Å². The topological polar surface area (TPSA) is 49.4 Å². The van der Waals surface area contributed by atoms with Crippen molar-refractivity contribution in [3.05, 3.63) is 35.4 Å². The molecule has 0 aromatic heterocycles. The Labute approximate surface area is 148 Å². The third-order valence-corrected chi connectivity index (χ3v) is 6.12. The molecule has 1 saturated heterocycles. The second-order valence-corrected chi connectivity index (χ2v) is 8.18. The average Bonchev–Trinajstić information content (AvgIpc) is 3.12. The van der Waals surface area contributed by atoms with E-state index in [2.05, 4.69) is 11.4 Å². The Morgan fingerprint density at radius 1 is 1.21 bits per heavy atom. The smallest absolute Gasteiger partial charge is 0.245 e. The minimum absolute atomic E-state index is 0.0293. The molecular formula is C19H26N2O2S. The molecule has 0 saturated carbocycles. The summed E-state index contributed by atoms with van der Waals surface area (Å²) >= 11 is 1.67. The minimum Gasteiger partial charge on any atom is -0.343 e. The van der Waals surface area contributed by atoms with E-state index in [1.54, 1.807) is 11.8 Å². The summed E-state index contributed by atoms with van der Waals surface area (Å²) in [5.74, 6) is 1.08. The van der Waals surface area contributed by atoms with Crippen molar-refractivity contribution in [1.82, 2.24) is 10.2 Å². The molecule has 2 amide bonds. The summed E-state index contributed by atoms with van der Waals surface area (Å²) in [6.45, 7) is 5.64. The number of hydrogen-bond donors (Lipinski definition) is 1. The molecule has 0 radical (unpaired) electrons. The van der Waals surface area contributed by atoms with Crippen LogP contribution in [0.2, 0.25) is 0 Å². The standard InChI is InChI=1S/C19H26N2O2S/c1-13(2)16(19(23)21-10-5-6-11-21)20-18(22)17-15-8-4-3-7-14(15)9-12-24-17/h3-4,7-8,13,16-17H,5-6,9-12H2,1-2H3,(H,20,22)/t16-,17-/m0/s1. The van der Waals surface area contributed by atoms with Gasteiger partial charge < -0.3 is 10.2 Å². The lowest BCUT2D eigenvalue weighted by atomic mass is 9.99. The second-order valence-electron chi connectivity index (χ2n) is 6.96. The Bertz CT molecular complexity index is 611. The number of rotatable bonds is 4. The maximum absolute atomic E-state index is 12.9. The number of likely N-dealkylation sites (tertiary alicyclic amines) is 1. The summed E-state index contributed by atoms with van der Waals surface area (Å²) in [5, 5.41) is 2.85. The molecule has 1 aromatic rings. The number of benzene rings is 1. The first-order valence-electron chi connectivity index (χ1n) is 8.86. The van der Waals surface area contributed by atoms with Crippen molar-refractivity contribution in [2.75, 3.05) is 18.8 Å². The van der Waals surface area contributed by atoms with E-state index in [4.69, 9.17) is 0 Å². The number of hydrogen-bond acceptors (Lipinski definition) is 3. The molecule has 1 N–H and O–H groups in total. The van der Waals surface area contributed by atoms with Crippen LogP contribution in [-0.2, 0) is 16.0 Å². The third kappa shape index (κ3) is 3.61. The van der Waals surface area contributed by atoms with Gasteiger partial charge in [0.25, 0.3) is 0 Å². The second kappa shape index (κ2) is 7.60. The zero-order valence-electron chi connectivity index (χ0n) is 14.5. The van der Waals surface area contributed by atoms with Gasteiger partial charge in [-0.25, -0.2) is 0 Å². The molecule has 4 nitrogen and oxygen atoms in total. The van der Waals surface area contributed by atoms with E-state index in [-0.39, 0.29) is 23.0 Å². The molecule has 1 fully saturated rings. The molecule has 5 heteroatoms. The fraction of sp³-hybridized carbons (Fsp3) is 0.579. The quantitative estimate of drug-likeness (QED) is 0.912. The predicted octanol–water partition coefficient (Wildman–Crippen LogP) is 2.78. The maximum atomic E-state index is 12.9. The Balaban J connectivity index is 1.73. The average molecular weight is 346 g/mol. The Morgan fingerprint density at radius 3 is 2.62 bits per heavy atom. The fourth-order valence-electron chi connectivity index (χ4n) is 3.49. The van der Waals surface area contributed by atoms with Gasteiger partial charge in [-0.05, 0) is 42.1 Å². The van der Waals surface area contributed by atoms with E-state index in [1.165, 1.54) is 5.56 Å². The van der Waals surface area contributed by atoms with Crippen LogP contribution in [0.5, 0.6) is 0 Å². The Hall–Kier alpha value is -1.49. The van der Waals surface area contributed by atoms with E-state index >= 15 is 0 Å². The summed E-state index contributed by atoms with van der Waals surface area (Å²) in [5.41, 5.74) is 2.35.